The van der Waals surface area contributed by atoms with Crippen LogP contribution in [0.5, 0.6) is 0 Å². The highest BCUT2D eigenvalue weighted by Gasteiger charge is 2.28. The molecule has 4 nitrogen and oxygen atoms in total. The summed E-state index contributed by atoms with van der Waals surface area (Å²) >= 11 is 6.70. The van der Waals surface area contributed by atoms with E-state index in [4.69, 9.17) is 22.7 Å². The Hall–Kier alpha value is -1.42. The van der Waals surface area contributed by atoms with Gasteiger partial charge in [0.15, 0.2) is 0 Å². The van der Waals surface area contributed by atoms with E-state index in [1.807, 2.05) is 30.3 Å². The highest BCUT2D eigenvalue weighted by molar-refractivity contribution is 8.24. The highest BCUT2D eigenvalue weighted by atomic mass is 32.2. The molecule has 0 bridgehead atoms. The molecule has 6 heteroatoms. The molecule has 22 heavy (non-hydrogen) atoms. The summed E-state index contributed by atoms with van der Waals surface area (Å²) in [7, 11) is 0. The van der Waals surface area contributed by atoms with E-state index in [1.165, 1.54) is 11.8 Å². The largest absolute Gasteiger partial charge is 0.466 e. The molecular weight excluding hydrogens is 316 g/mol. The van der Waals surface area contributed by atoms with Gasteiger partial charge in [-0.3, -0.25) is 4.79 Å². The number of ether oxygens (including phenoxy) is 1. The van der Waals surface area contributed by atoms with Crippen LogP contribution >= 0.6 is 24.0 Å². The van der Waals surface area contributed by atoms with Crippen molar-refractivity contribution >= 4 is 34.1 Å². The number of benzene rings is 1. The van der Waals surface area contributed by atoms with Gasteiger partial charge in [-0.15, -0.1) is 0 Å². The molecular formula is C16H20N2O2S2. The molecule has 0 aliphatic heterocycles. The minimum atomic E-state index is -0.750. The zero-order chi connectivity index (χ0) is 16.4. The lowest BCUT2D eigenvalue weighted by molar-refractivity contribution is -0.143. The van der Waals surface area contributed by atoms with E-state index in [9.17, 15) is 10.1 Å². The Bertz CT molecular complexity index is 543. The predicted molar refractivity (Wildman–Crippen MR) is 93.6 cm³/mol. The molecule has 0 aliphatic rings. The summed E-state index contributed by atoms with van der Waals surface area (Å²) in [5, 5.41) is 9.41. The number of hydrogen-bond donors (Lipinski definition) is 1. The van der Waals surface area contributed by atoms with E-state index in [0.29, 0.717) is 30.2 Å². The third kappa shape index (κ3) is 6.56. The molecule has 1 atom stereocenters. The van der Waals surface area contributed by atoms with E-state index in [-0.39, 0.29) is 12.4 Å². The molecule has 0 heterocycles. The summed E-state index contributed by atoms with van der Waals surface area (Å²) in [6.45, 7) is 2.61. The molecule has 0 saturated carbocycles. The second-order valence-corrected chi connectivity index (χ2v) is 7.14. The number of nitrogens with two attached hydrogens (primary N) is 1. The van der Waals surface area contributed by atoms with Crippen LogP contribution in [0.15, 0.2) is 30.3 Å². The lowest BCUT2D eigenvalue weighted by atomic mass is 10.1. The van der Waals surface area contributed by atoms with Crippen LogP contribution in [0.3, 0.4) is 0 Å². The van der Waals surface area contributed by atoms with Gasteiger partial charge in [-0.25, -0.2) is 0 Å². The zero-order valence-corrected chi connectivity index (χ0v) is 14.2. The zero-order valence-electron chi connectivity index (χ0n) is 12.6. The molecule has 0 spiro atoms. The van der Waals surface area contributed by atoms with Crippen LogP contribution < -0.4 is 5.73 Å². The molecule has 0 fully saturated rings. The highest BCUT2D eigenvalue weighted by Crippen LogP contribution is 2.33. The van der Waals surface area contributed by atoms with E-state index in [1.54, 1.807) is 6.92 Å². The van der Waals surface area contributed by atoms with Crippen molar-refractivity contribution in [3.63, 3.8) is 0 Å². The molecule has 2 N–H and O–H groups in total. The van der Waals surface area contributed by atoms with Gasteiger partial charge in [-0.1, -0.05) is 54.3 Å². The molecule has 0 saturated heterocycles. The van der Waals surface area contributed by atoms with Gasteiger partial charge in [0.1, 0.15) is 4.75 Å². The summed E-state index contributed by atoms with van der Waals surface area (Å²) in [6, 6.07) is 11.8. The Labute approximate surface area is 141 Å². The number of esters is 1. The quantitative estimate of drug-likeness (QED) is 0.447. The minimum Gasteiger partial charge on any atom is -0.466 e. The molecule has 1 rings (SSSR count). The summed E-state index contributed by atoms with van der Waals surface area (Å²) in [5.74, 6) is -0.304. The molecule has 118 valence electrons. The van der Waals surface area contributed by atoms with Crippen molar-refractivity contribution in [2.75, 3.05) is 13.2 Å². The minimum absolute atomic E-state index is 0.193. The standard InChI is InChI=1S/C16H20N2O2S2/c1-16(12-18,9-8-14(19)20-11-5-10-17)22-15(21)13-6-3-2-4-7-13/h2-4,6-7H,5,8-11,17H2,1H3. The first-order valence-electron chi connectivity index (χ1n) is 7.06. The molecule has 1 aromatic carbocycles. The van der Waals surface area contributed by atoms with Gasteiger partial charge >= 0.3 is 5.97 Å². The van der Waals surface area contributed by atoms with Gasteiger partial charge in [0.05, 0.1) is 16.9 Å². The maximum atomic E-state index is 11.6. The third-order valence-electron chi connectivity index (χ3n) is 2.98. The third-order valence-corrected chi connectivity index (χ3v) is 4.63. The van der Waals surface area contributed by atoms with E-state index < -0.39 is 4.75 Å². The van der Waals surface area contributed by atoms with Gasteiger partial charge in [-0.2, -0.15) is 5.26 Å². The normalized spacial score (nSPS) is 13.0. The number of carbonyl (C=O) groups excluding carboxylic acids is 1. The fourth-order valence-corrected chi connectivity index (χ4v) is 3.25. The van der Waals surface area contributed by atoms with Crippen LogP contribution in [0.4, 0.5) is 0 Å². The fourth-order valence-electron chi connectivity index (χ4n) is 1.65. The van der Waals surface area contributed by atoms with Crippen molar-refractivity contribution in [3.8, 4) is 6.07 Å². The Morgan fingerprint density at radius 3 is 2.73 bits per heavy atom. The number of hydrogen-bond acceptors (Lipinski definition) is 6. The maximum absolute atomic E-state index is 11.6. The van der Waals surface area contributed by atoms with Crippen molar-refractivity contribution < 1.29 is 9.53 Å². The maximum Gasteiger partial charge on any atom is 0.305 e. The number of carbonyl (C=O) groups is 1. The second kappa shape index (κ2) is 9.57. The average Bonchev–Trinajstić information content (AvgIpc) is 2.54. The Morgan fingerprint density at radius 1 is 1.45 bits per heavy atom. The number of thioether (sulfide) groups is 1. The lowest BCUT2D eigenvalue weighted by Gasteiger charge is -2.20. The Morgan fingerprint density at radius 2 is 2.14 bits per heavy atom. The topological polar surface area (TPSA) is 76.1 Å². The number of rotatable bonds is 8. The van der Waals surface area contributed by atoms with E-state index in [0.717, 1.165) is 5.56 Å². The van der Waals surface area contributed by atoms with Crippen LogP contribution in [0.25, 0.3) is 0 Å². The molecule has 0 radical (unpaired) electrons. The van der Waals surface area contributed by atoms with Crippen LogP contribution in [-0.4, -0.2) is 28.1 Å². The van der Waals surface area contributed by atoms with Crippen molar-refractivity contribution in [1.29, 1.82) is 5.26 Å². The average molecular weight is 336 g/mol. The summed E-state index contributed by atoms with van der Waals surface area (Å²) in [4.78, 5) is 11.6. The fraction of sp³-hybridized carbons (Fsp3) is 0.438. The monoisotopic (exact) mass is 336 g/mol. The predicted octanol–water partition coefficient (Wildman–Crippen LogP) is 3.05. The van der Waals surface area contributed by atoms with E-state index >= 15 is 0 Å². The first-order chi connectivity index (χ1) is 10.5. The number of thiocarbonyl (C=S) groups is 1. The SMILES string of the molecule is CC(C#N)(CCC(=O)OCCCN)SC(=S)c1ccccc1. The first-order valence-corrected chi connectivity index (χ1v) is 8.28. The smallest absolute Gasteiger partial charge is 0.305 e. The second-order valence-electron chi connectivity index (χ2n) is 4.96. The Kier molecular flexibility index (Phi) is 8.10. The van der Waals surface area contributed by atoms with Crippen LogP contribution in [0.2, 0.25) is 0 Å². The molecule has 1 aromatic rings. The lowest BCUT2D eigenvalue weighted by Crippen LogP contribution is -2.22. The summed E-state index contributed by atoms with van der Waals surface area (Å²) in [5.41, 5.74) is 6.25. The van der Waals surface area contributed by atoms with Crippen molar-refractivity contribution in [2.45, 2.75) is 30.9 Å². The summed E-state index contributed by atoms with van der Waals surface area (Å²) < 4.78 is 4.95. The van der Waals surface area contributed by atoms with Gasteiger partial charge < -0.3 is 10.5 Å². The van der Waals surface area contributed by atoms with Crippen LogP contribution in [-0.2, 0) is 9.53 Å². The summed E-state index contributed by atoms with van der Waals surface area (Å²) in [6.07, 6.45) is 1.23. The van der Waals surface area contributed by atoms with Gasteiger partial charge in [-0.05, 0) is 31.9 Å². The van der Waals surface area contributed by atoms with Gasteiger partial charge in [0, 0.05) is 6.42 Å². The Balaban J connectivity index is 2.52. The van der Waals surface area contributed by atoms with Gasteiger partial charge in [0.25, 0.3) is 0 Å². The first kappa shape index (κ1) is 18.6. The van der Waals surface area contributed by atoms with Crippen LogP contribution in [0, 0.1) is 11.3 Å². The van der Waals surface area contributed by atoms with Crippen LogP contribution in [0.1, 0.15) is 31.7 Å². The molecule has 0 aromatic heterocycles. The number of nitrogens with zero attached hydrogens (tertiary/aromatic N) is 1. The van der Waals surface area contributed by atoms with E-state index in [2.05, 4.69) is 6.07 Å². The molecule has 0 amide bonds. The number of nitriles is 1. The van der Waals surface area contributed by atoms with Crippen molar-refractivity contribution in [1.82, 2.24) is 0 Å². The van der Waals surface area contributed by atoms with Gasteiger partial charge in [0.2, 0.25) is 0 Å². The van der Waals surface area contributed by atoms with Crippen molar-refractivity contribution in [3.05, 3.63) is 35.9 Å². The van der Waals surface area contributed by atoms with Crippen molar-refractivity contribution in [2.24, 2.45) is 5.73 Å². The molecule has 1 unspecified atom stereocenters. The molecule has 0 aliphatic carbocycles.